The van der Waals surface area contributed by atoms with E-state index in [0.29, 0.717) is 0 Å². The Morgan fingerprint density at radius 3 is 1.33 bits per heavy atom. The first-order valence-corrected chi connectivity index (χ1v) is 3.86. The van der Waals surface area contributed by atoms with Crippen LogP contribution >= 0.6 is 24.4 Å². The molecule has 0 aliphatic carbocycles. The monoisotopic (exact) mass is 254 g/mol. The molecule has 0 fully saturated rings. The van der Waals surface area contributed by atoms with Gasteiger partial charge in [0.15, 0.2) is 0 Å². The van der Waals surface area contributed by atoms with E-state index >= 15 is 0 Å². The molecule has 0 aromatic heterocycles. The summed E-state index contributed by atoms with van der Waals surface area (Å²) in [5.74, 6) is 0. The molecular weight excluding hydrogens is 250 g/mol. The van der Waals surface area contributed by atoms with Crippen LogP contribution in [0.2, 0.25) is 0 Å². The van der Waals surface area contributed by atoms with E-state index < -0.39 is 0 Å². The number of thiocarbonyl (C=S) groups is 2. The molecule has 0 amide bonds. The van der Waals surface area contributed by atoms with Crippen molar-refractivity contribution < 1.29 is 59.1 Å². The molecule has 0 saturated heterocycles. The fourth-order valence-corrected chi connectivity index (χ4v) is 0.492. The first-order chi connectivity index (χ1) is 4.63. The molecule has 0 bridgehead atoms. The van der Waals surface area contributed by atoms with Gasteiger partial charge in [-0.1, -0.05) is 8.64 Å². The van der Waals surface area contributed by atoms with Gasteiger partial charge in [-0.25, -0.2) is 0 Å². The Morgan fingerprint density at radius 1 is 0.917 bits per heavy atom. The summed E-state index contributed by atoms with van der Waals surface area (Å²) >= 11 is 18.2. The van der Waals surface area contributed by atoms with E-state index in [9.17, 15) is 0 Å². The van der Waals surface area contributed by atoms with Gasteiger partial charge in [0.25, 0.3) is 0 Å². The molecule has 56 valence electrons. The van der Waals surface area contributed by atoms with Crippen molar-refractivity contribution in [1.29, 1.82) is 0 Å². The first kappa shape index (κ1) is 19.5. The molecule has 0 atom stereocenters. The summed E-state index contributed by atoms with van der Waals surface area (Å²) in [5, 5.41) is 5.20. The Balaban J connectivity index is -0.000000405. The maximum Gasteiger partial charge on any atom is 1.00 e. The van der Waals surface area contributed by atoms with E-state index in [1.165, 1.54) is 12.4 Å². The zero-order chi connectivity index (χ0) is 7.98. The molecular formula is C4H4N2Na2S4. The smallest absolute Gasteiger partial charge is 0.411 e. The molecule has 0 unspecified atom stereocenters. The Labute approximate surface area is 138 Å². The van der Waals surface area contributed by atoms with Crippen molar-refractivity contribution in [3.8, 4) is 0 Å². The minimum atomic E-state index is 0. The average molecular weight is 254 g/mol. The molecule has 0 aliphatic rings. The van der Waals surface area contributed by atoms with Crippen molar-refractivity contribution in [1.82, 2.24) is 10.6 Å². The Hall–Kier alpha value is 1.96. The minimum Gasteiger partial charge on any atom is -0.411 e. The van der Waals surface area contributed by atoms with Gasteiger partial charge in [0.1, 0.15) is 0 Å². The second kappa shape index (κ2) is 13.0. The molecule has 0 radical (unpaired) electrons. The topological polar surface area (TPSA) is 24.1 Å². The minimum absolute atomic E-state index is 0. The summed E-state index contributed by atoms with van der Waals surface area (Å²) < 4.78 is 0.571. The van der Waals surface area contributed by atoms with E-state index in [4.69, 9.17) is 0 Å². The number of rotatable bonds is 2. The van der Waals surface area contributed by atoms with Crippen molar-refractivity contribution in [2.24, 2.45) is 0 Å². The van der Waals surface area contributed by atoms with Gasteiger partial charge < -0.3 is 60.3 Å². The Bertz CT molecular complexity index is 154. The maximum atomic E-state index is 4.54. The van der Waals surface area contributed by atoms with Gasteiger partial charge in [-0.3, -0.25) is 0 Å². The second-order valence-electron chi connectivity index (χ2n) is 1.20. The SMILES string of the molecule is S=C([S-])NC=CNC(=S)[S-].[Na+].[Na+]. The van der Waals surface area contributed by atoms with E-state index in [2.05, 4.69) is 60.3 Å². The van der Waals surface area contributed by atoms with Gasteiger partial charge in [-0.15, -0.1) is 0 Å². The number of nitrogens with one attached hydrogen (secondary N) is 2. The Kier molecular flexibility index (Phi) is 21.1. The van der Waals surface area contributed by atoms with E-state index in [1.54, 1.807) is 0 Å². The molecule has 0 aromatic carbocycles. The molecule has 2 nitrogen and oxygen atoms in total. The quantitative estimate of drug-likeness (QED) is 0.289. The number of hydrogen-bond acceptors (Lipinski definition) is 4. The molecule has 12 heavy (non-hydrogen) atoms. The van der Waals surface area contributed by atoms with Crippen LogP contribution in [0.3, 0.4) is 0 Å². The van der Waals surface area contributed by atoms with Crippen molar-refractivity contribution in [2.45, 2.75) is 0 Å². The van der Waals surface area contributed by atoms with Crippen LogP contribution < -0.4 is 69.7 Å². The summed E-state index contributed by atoms with van der Waals surface area (Å²) in [6, 6.07) is 0. The van der Waals surface area contributed by atoms with E-state index in [0.717, 1.165) is 0 Å². The van der Waals surface area contributed by atoms with Crippen LogP contribution in [0.4, 0.5) is 0 Å². The predicted molar refractivity (Wildman–Crippen MR) is 55.3 cm³/mol. The van der Waals surface area contributed by atoms with Gasteiger partial charge in [0, 0.05) is 12.4 Å². The van der Waals surface area contributed by atoms with Crippen LogP contribution in [-0.2, 0) is 25.3 Å². The van der Waals surface area contributed by atoms with Crippen molar-refractivity contribution in [3.05, 3.63) is 12.4 Å². The van der Waals surface area contributed by atoms with Crippen molar-refractivity contribution >= 4 is 58.3 Å². The van der Waals surface area contributed by atoms with E-state index in [1.807, 2.05) is 0 Å². The summed E-state index contributed by atoms with van der Waals surface area (Å²) in [7, 11) is 0. The van der Waals surface area contributed by atoms with Crippen LogP contribution in [0.15, 0.2) is 12.4 Å². The third kappa shape index (κ3) is 17.9. The second-order valence-corrected chi connectivity index (χ2v) is 3.35. The molecule has 0 saturated carbocycles. The fraction of sp³-hybridized carbons (Fsp3) is 0. The molecule has 0 heterocycles. The Morgan fingerprint density at radius 2 is 1.17 bits per heavy atom. The standard InChI is InChI=1S/C4H6N2S4.2Na/c7-3(8)5-1-2-6-4(9)10;;/h1-2H,(H2,5,7,8)(H2,6,9,10);;/q;2*+1/p-2. The molecule has 2 N–H and O–H groups in total. The molecule has 8 heteroatoms. The normalized spacial score (nSPS) is 7.67. The zero-order valence-electron chi connectivity index (χ0n) is 6.79. The summed E-state index contributed by atoms with van der Waals surface area (Å²) in [5.41, 5.74) is 0. The molecule has 0 rings (SSSR count). The molecule has 0 aliphatic heterocycles. The third-order valence-electron chi connectivity index (χ3n) is 0.486. The van der Waals surface area contributed by atoms with Crippen LogP contribution in [0.25, 0.3) is 0 Å². The van der Waals surface area contributed by atoms with Crippen LogP contribution in [0.1, 0.15) is 0 Å². The zero-order valence-corrected chi connectivity index (χ0v) is 14.1. The third-order valence-corrected chi connectivity index (χ3v) is 0.957. The molecule has 0 spiro atoms. The first-order valence-electron chi connectivity index (χ1n) is 2.23. The average Bonchev–Trinajstić information content (AvgIpc) is 1.79. The van der Waals surface area contributed by atoms with Crippen LogP contribution in [0.5, 0.6) is 0 Å². The van der Waals surface area contributed by atoms with Gasteiger partial charge >= 0.3 is 59.1 Å². The fourth-order valence-electron chi connectivity index (χ4n) is 0.219. The maximum absolute atomic E-state index is 4.54. The number of hydrogen-bond donors (Lipinski definition) is 2. The van der Waals surface area contributed by atoms with Gasteiger partial charge in [-0.2, -0.15) is 0 Å². The largest absolute Gasteiger partial charge is 1.00 e. The molecule has 0 aromatic rings. The summed E-state index contributed by atoms with van der Waals surface area (Å²) in [4.78, 5) is 0. The van der Waals surface area contributed by atoms with Crippen LogP contribution in [-0.4, -0.2) is 8.64 Å². The van der Waals surface area contributed by atoms with Gasteiger partial charge in [0.2, 0.25) is 0 Å². The van der Waals surface area contributed by atoms with Crippen LogP contribution in [0, 0.1) is 0 Å². The van der Waals surface area contributed by atoms with E-state index in [-0.39, 0.29) is 67.8 Å². The summed E-state index contributed by atoms with van der Waals surface area (Å²) in [6.07, 6.45) is 3.07. The van der Waals surface area contributed by atoms with Crippen molar-refractivity contribution in [3.63, 3.8) is 0 Å². The predicted octanol–water partition coefficient (Wildman–Crippen LogP) is -5.69. The summed E-state index contributed by atoms with van der Waals surface area (Å²) in [6.45, 7) is 0. The van der Waals surface area contributed by atoms with Crippen molar-refractivity contribution in [2.75, 3.05) is 0 Å². The van der Waals surface area contributed by atoms with Gasteiger partial charge in [0.05, 0.1) is 0 Å². The van der Waals surface area contributed by atoms with Gasteiger partial charge in [-0.05, 0) is 0 Å².